The minimum atomic E-state index is -3.70. The number of anilines is 2. The molecule has 1 amide bonds. The Balaban J connectivity index is 1.61. The van der Waals surface area contributed by atoms with Gasteiger partial charge in [-0.1, -0.05) is 23.7 Å². The van der Waals surface area contributed by atoms with E-state index in [0.29, 0.717) is 63.3 Å². The van der Waals surface area contributed by atoms with Crippen molar-refractivity contribution in [2.45, 2.75) is 4.90 Å². The summed E-state index contributed by atoms with van der Waals surface area (Å²) in [5.41, 5.74) is 1.98. The first-order valence-corrected chi connectivity index (χ1v) is 12.5. The predicted molar refractivity (Wildman–Crippen MR) is 128 cm³/mol. The van der Waals surface area contributed by atoms with Crippen LogP contribution in [0, 0.1) is 0 Å². The lowest BCUT2D eigenvalue weighted by Gasteiger charge is -2.31. The second-order valence-electron chi connectivity index (χ2n) is 7.67. The number of nitrogens with zero attached hydrogens (tertiary/aromatic N) is 2. The van der Waals surface area contributed by atoms with Crippen LogP contribution in [0.5, 0.6) is 0 Å². The molecule has 0 saturated carbocycles. The van der Waals surface area contributed by atoms with Crippen LogP contribution in [0.3, 0.4) is 0 Å². The average Bonchev–Trinajstić information content (AvgIpc) is 2.84. The molecule has 2 aromatic carbocycles. The molecule has 8 nitrogen and oxygen atoms in total. The largest absolute Gasteiger partial charge is 0.379 e. The van der Waals surface area contributed by atoms with Crippen LogP contribution >= 0.6 is 11.6 Å². The Morgan fingerprint density at radius 2 is 1.67 bits per heavy atom. The smallest absolute Gasteiger partial charge is 0.248 e. The third-order valence-corrected chi connectivity index (χ3v) is 7.59. The van der Waals surface area contributed by atoms with Crippen molar-refractivity contribution < 1.29 is 22.7 Å². The highest BCUT2D eigenvalue weighted by Crippen LogP contribution is 2.31. The van der Waals surface area contributed by atoms with Gasteiger partial charge in [-0.15, -0.1) is 0 Å². The van der Waals surface area contributed by atoms with E-state index < -0.39 is 10.0 Å². The maximum absolute atomic E-state index is 13.2. The molecule has 0 unspecified atom stereocenters. The zero-order valence-corrected chi connectivity index (χ0v) is 19.6. The zero-order valence-electron chi connectivity index (χ0n) is 18.1. The summed E-state index contributed by atoms with van der Waals surface area (Å²) in [7, 11) is -3.70. The van der Waals surface area contributed by atoms with Crippen LogP contribution in [0.4, 0.5) is 11.4 Å². The van der Waals surface area contributed by atoms with E-state index >= 15 is 0 Å². The van der Waals surface area contributed by atoms with Gasteiger partial charge in [-0.3, -0.25) is 4.79 Å². The average molecular weight is 492 g/mol. The number of sulfonamides is 1. The molecular formula is C23H26ClN3O5S. The van der Waals surface area contributed by atoms with Crippen molar-refractivity contribution >= 4 is 45.0 Å². The van der Waals surface area contributed by atoms with Gasteiger partial charge in [0.25, 0.3) is 0 Å². The molecule has 2 saturated heterocycles. The van der Waals surface area contributed by atoms with Gasteiger partial charge in [-0.25, -0.2) is 8.42 Å². The van der Waals surface area contributed by atoms with E-state index in [0.717, 1.165) is 11.3 Å². The number of morpholine rings is 2. The molecule has 0 aliphatic carbocycles. The topological polar surface area (TPSA) is 88.2 Å². The van der Waals surface area contributed by atoms with Crippen molar-refractivity contribution in [1.29, 1.82) is 0 Å². The summed E-state index contributed by atoms with van der Waals surface area (Å²) < 4.78 is 38.4. The first-order chi connectivity index (χ1) is 15.9. The highest BCUT2D eigenvalue weighted by atomic mass is 35.5. The Labute approximate surface area is 198 Å². The van der Waals surface area contributed by atoms with Gasteiger partial charge in [-0.05, 0) is 42.0 Å². The molecule has 0 spiro atoms. The lowest BCUT2D eigenvalue weighted by molar-refractivity contribution is -0.111. The van der Waals surface area contributed by atoms with E-state index in [1.54, 1.807) is 36.4 Å². The lowest BCUT2D eigenvalue weighted by atomic mass is 10.2. The molecule has 2 aliphatic heterocycles. The van der Waals surface area contributed by atoms with E-state index in [2.05, 4.69) is 10.2 Å². The summed E-state index contributed by atoms with van der Waals surface area (Å²) in [5.74, 6) is -0.370. The van der Waals surface area contributed by atoms with Crippen molar-refractivity contribution in [2.75, 3.05) is 62.8 Å². The molecule has 2 fully saturated rings. The Morgan fingerprint density at radius 1 is 0.970 bits per heavy atom. The summed E-state index contributed by atoms with van der Waals surface area (Å²) in [6.45, 7) is 3.76. The summed E-state index contributed by atoms with van der Waals surface area (Å²) in [6, 6.07) is 12.0. The number of hydrogen-bond donors (Lipinski definition) is 1. The Kier molecular flexibility index (Phi) is 7.67. The van der Waals surface area contributed by atoms with Gasteiger partial charge in [0.05, 0.1) is 42.7 Å². The highest BCUT2D eigenvalue weighted by Gasteiger charge is 2.28. The lowest BCUT2D eigenvalue weighted by Crippen LogP contribution is -2.40. The van der Waals surface area contributed by atoms with Gasteiger partial charge in [0.2, 0.25) is 15.9 Å². The Morgan fingerprint density at radius 3 is 2.36 bits per heavy atom. The molecule has 0 bridgehead atoms. The Bertz CT molecular complexity index is 1130. The monoisotopic (exact) mass is 491 g/mol. The molecule has 2 aromatic rings. The van der Waals surface area contributed by atoms with E-state index in [1.165, 1.54) is 16.4 Å². The molecule has 2 aliphatic rings. The second-order valence-corrected chi connectivity index (χ2v) is 10.0. The third kappa shape index (κ3) is 5.93. The van der Waals surface area contributed by atoms with Gasteiger partial charge in [0.1, 0.15) is 0 Å². The van der Waals surface area contributed by atoms with Gasteiger partial charge in [0.15, 0.2) is 0 Å². The zero-order chi connectivity index (χ0) is 23.3. The molecule has 0 atom stereocenters. The molecule has 176 valence electrons. The molecule has 2 heterocycles. The summed E-state index contributed by atoms with van der Waals surface area (Å²) in [4.78, 5) is 14.9. The summed E-state index contributed by atoms with van der Waals surface area (Å²) in [5, 5.41) is 3.44. The standard InChI is InChI=1S/C23H26ClN3O5S/c24-19-3-1-2-18(16-19)4-7-23(28)25-21-17-20(33(29,30)27-10-14-32-15-11-27)5-6-22(21)26-8-12-31-13-9-26/h1-7,16-17H,8-15H2,(H,25,28). The van der Waals surface area contributed by atoms with Gasteiger partial charge >= 0.3 is 0 Å². The number of rotatable bonds is 6. The fraction of sp³-hybridized carbons (Fsp3) is 0.348. The predicted octanol–water partition coefficient (Wildman–Crippen LogP) is 2.85. The van der Waals surface area contributed by atoms with Crippen molar-refractivity contribution in [2.24, 2.45) is 0 Å². The van der Waals surface area contributed by atoms with Crippen LogP contribution in [0.2, 0.25) is 5.02 Å². The van der Waals surface area contributed by atoms with Gasteiger partial charge in [-0.2, -0.15) is 4.31 Å². The number of benzene rings is 2. The molecule has 0 radical (unpaired) electrons. The van der Waals surface area contributed by atoms with Gasteiger partial charge < -0.3 is 19.7 Å². The number of halogens is 1. The SMILES string of the molecule is O=C(C=Cc1cccc(Cl)c1)Nc1cc(S(=O)(=O)N2CCOCC2)ccc1N1CCOCC1. The van der Waals surface area contributed by atoms with E-state index in [1.807, 2.05) is 6.07 Å². The Hall–Kier alpha value is -2.43. The summed E-state index contributed by atoms with van der Waals surface area (Å²) in [6.07, 6.45) is 3.06. The minimum Gasteiger partial charge on any atom is -0.379 e. The van der Waals surface area contributed by atoms with Crippen LogP contribution in [-0.4, -0.2) is 71.2 Å². The van der Waals surface area contributed by atoms with Crippen molar-refractivity contribution in [3.63, 3.8) is 0 Å². The van der Waals surface area contributed by atoms with Gasteiger partial charge in [0, 0.05) is 37.3 Å². The maximum Gasteiger partial charge on any atom is 0.248 e. The minimum absolute atomic E-state index is 0.135. The fourth-order valence-corrected chi connectivity index (χ4v) is 5.38. The van der Waals surface area contributed by atoms with E-state index in [4.69, 9.17) is 21.1 Å². The van der Waals surface area contributed by atoms with E-state index in [-0.39, 0.29) is 10.8 Å². The second kappa shape index (κ2) is 10.7. The van der Waals surface area contributed by atoms with Crippen molar-refractivity contribution in [3.05, 3.63) is 59.1 Å². The number of amides is 1. The van der Waals surface area contributed by atoms with Crippen LogP contribution < -0.4 is 10.2 Å². The first kappa shape index (κ1) is 23.7. The van der Waals surface area contributed by atoms with Crippen molar-refractivity contribution in [3.8, 4) is 0 Å². The number of carbonyl (C=O) groups excluding carboxylic acids is 1. The quantitative estimate of drug-likeness (QED) is 0.625. The normalized spacial score (nSPS) is 17.9. The first-order valence-electron chi connectivity index (χ1n) is 10.7. The molecule has 1 N–H and O–H groups in total. The molecular weight excluding hydrogens is 466 g/mol. The van der Waals surface area contributed by atoms with Crippen molar-refractivity contribution in [1.82, 2.24) is 4.31 Å². The summed E-state index contributed by atoms with van der Waals surface area (Å²) >= 11 is 6.00. The fourth-order valence-electron chi connectivity index (χ4n) is 3.75. The number of nitrogens with one attached hydrogen (secondary N) is 1. The number of hydrogen-bond acceptors (Lipinski definition) is 6. The third-order valence-electron chi connectivity index (χ3n) is 5.46. The molecule has 0 aromatic heterocycles. The number of ether oxygens (including phenoxy) is 2. The molecule has 33 heavy (non-hydrogen) atoms. The van der Waals surface area contributed by atoms with E-state index in [9.17, 15) is 13.2 Å². The molecule has 10 heteroatoms. The maximum atomic E-state index is 13.2. The van der Waals surface area contributed by atoms with Crippen LogP contribution in [0.15, 0.2) is 53.4 Å². The van der Waals surface area contributed by atoms with Crippen LogP contribution in [0.25, 0.3) is 6.08 Å². The highest BCUT2D eigenvalue weighted by molar-refractivity contribution is 7.89. The molecule has 4 rings (SSSR count). The van der Waals surface area contributed by atoms with Crippen LogP contribution in [0.1, 0.15) is 5.56 Å². The number of carbonyl (C=O) groups is 1. The van der Waals surface area contributed by atoms with Crippen LogP contribution in [-0.2, 0) is 24.3 Å².